The number of benzene rings is 1. The minimum absolute atomic E-state index is 0.0799. The smallest absolute Gasteiger partial charge is 0.407 e. The van der Waals surface area contributed by atoms with Crippen LogP contribution in [0, 0.1) is 0 Å². The number of rotatable bonds is 6. The molecule has 0 bridgehead atoms. The first-order valence-electron chi connectivity index (χ1n) is 7.16. The number of esters is 1. The Bertz CT molecular complexity index is 554. The van der Waals surface area contributed by atoms with Crippen molar-refractivity contribution in [2.45, 2.75) is 39.4 Å². The van der Waals surface area contributed by atoms with E-state index in [4.69, 9.17) is 14.2 Å². The fourth-order valence-electron chi connectivity index (χ4n) is 1.62. The second kappa shape index (κ2) is 8.76. The van der Waals surface area contributed by atoms with E-state index in [2.05, 4.69) is 21.2 Å². The summed E-state index contributed by atoms with van der Waals surface area (Å²) in [7, 11) is 1.58. The van der Waals surface area contributed by atoms with Crippen molar-refractivity contribution < 1.29 is 23.8 Å². The highest BCUT2D eigenvalue weighted by atomic mass is 79.9. The molecule has 0 unspecified atom stereocenters. The van der Waals surface area contributed by atoms with E-state index in [0.717, 1.165) is 10.0 Å². The SMILES string of the molecule is COc1ccc(COC(=O)CCNC(=O)OC(C)(C)C)cc1Br. The lowest BCUT2D eigenvalue weighted by atomic mass is 10.2. The lowest BCUT2D eigenvalue weighted by Crippen LogP contribution is -2.33. The topological polar surface area (TPSA) is 73.9 Å². The van der Waals surface area contributed by atoms with Crippen LogP contribution in [0.15, 0.2) is 22.7 Å². The second-order valence-corrected chi connectivity index (χ2v) is 6.66. The highest BCUT2D eigenvalue weighted by Gasteiger charge is 2.16. The largest absolute Gasteiger partial charge is 0.496 e. The lowest BCUT2D eigenvalue weighted by Gasteiger charge is -2.19. The summed E-state index contributed by atoms with van der Waals surface area (Å²) in [5.74, 6) is 0.314. The van der Waals surface area contributed by atoms with E-state index in [9.17, 15) is 9.59 Å². The molecule has 0 radical (unpaired) electrons. The van der Waals surface area contributed by atoms with Crippen molar-refractivity contribution in [1.29, 1.82) is 0 Å². The van der Waals surface area contributed by atoms with Gasteiger partial charge in [0.15, 0.2) is 0 Å². The van der Waals surface area contributed by atoms with Crippen LogP contribution in [0.3, 0.4) is 0 Å². The van der Waals surface area contributed by atoms with E-state index in [-0.39, 0.29) is 19.6 Å². The van der Waals surface area contributed by atoms with Gasteiger partial charge in [0, 0.05) is 6.54 Å². The van der Waals surface area contributed by atoms with Crippen LogP contribution in [0.1, 0.15) is 32.8 Å². The van der Waals surface area contributed by atoms with Crippen LogP contribution in [-0.2, 0) is 20.9 Å². The monoisotopic (exact) mass is 387 g/mol. The molecule has 6 nitrogen and oxygen atoms in total. The molecule has 0 spiro atoms. The summed E-state index contributed by atoms with van der Waals surface area (Å²) in [4.78, 5) is 23.1. The highest BCUT2D eigenvalue weighted by Crippen LogP contribution is 2.25. The second-order valence-electron chi connectivity index (χ2n) is 5.81. The summed E-state index contributed by atoms with van der Waals surface area (Å²) in [6, 6.07) is 5.43. The number of nitrogens with one attached hydrogen (secondary N) is 1. The maximum absolute atomic E-state index is 11.6. The molecule has 0 aliphatic carbocycles. The van der Waals surface area contributed by atoms with Crippen LogP contribution in [0.25, 0.3) is 0 Å². The number of carbonyl (C=O) groups is 2. The van der Waals surface area contributed by atoms with Gasteiger partial charge in [-0.05, 0) is 54.4 Å². The number of amides is 1. The van der Waals surface area contributed by atoms with Gasteiger partial charge in [-0.2, -0.15) is 0 Å². The summed E-state index contributed by atoms with van der Waals surface area (Å²) >= 11 is 3.37. The predicted octanol–water partition coefficient (Wildman–Crippen LogP) is 3.42. The first-order chi connectivity index (χ1) is 10.7. The molecule has 1 rings (SSSR count). The van der Waals surface area contributed by atoms with Gasteiger partial charge in [-0.3, -0.25) is 4.79 Å². The molecular formula is C16H22BrNO5. The summed E-state index contributed by atoms with van der Waals surface area (Å²) in [6.45, 7) is 5.64. The molecule has 7 heteroatoms. The molecule has 0 fully saturated rings. The van der Waals surface area contributed by atoms with E-state index in [1.165, 1.54) is 0 Å². The third kappa shape index (κ3) is 7.88. The zero-order chi connectivity index (χ0) is 17.5. The van der Waals surface area contributed by atoms with Gasteiger partial charge in [0.1, 0.15) is 18.0 Å². The van der Waals surface area contributed by atoms with Crippen molar-refractivity contribution in [2.24, 2.45) is 0 Å². The summed E-state index contributed by atoms with van der Waals surface area (Å²) in [5.41, 5.74) is 0.276. The van der Waals surface area contributed by atoms with Crippen molar-refractivity contribution >= 4 is 28.0 Å². The summed E-state index contributed by atoms with van der Waals surface area (Å²) in [5, 5.41) is 2.51. The Hall–Kier alpha value is -1.76. The number of hydrogen-bond donors (Lipinski definition) is 1. The van der Waals surface area contributed by atoms with E-state index in [1.807, 2.05) is 12.1 Å². The maximum atomic E-state index is 11.6. The Morgan fingerprint density at radius 2 is 1.96 bits per heavy atom. The van der Waals surface area contributed by atoms with Crippen LogP contribution in [0.4, 0.5) is 4.79 Å². The fraction of sp³-hybridized carbons (Fsp3) is 0.500. The van der Waals surface area contributed by atoms with Gasteiger partial charge in [-0.25, -0.2) is 4.79 Å². The van der Waals surface area contributed by atoms with Gasteiger partial charge in [0.2, 0.25) is 0 Å². The minimum atomic E-state index is -0.563. The van der Waals surface area contributed by atoms with Crippen molar-refractivity contribution in [1.82, 2.24) is 5.32 Å². The molecule has 0 aromatic heterocycles. The third-order valence-corrected chi connectivity index (χ3v) is 3.23. The molecule has 1 N–H and O–H groups in total. The molecule has 0 saturated heterocycles. The van der Waals surface area contributed by atoms with Crippen molar-refractivity contribution in [2.75, 3.05) is 13.7 Å². The van der Waals surface area contributed by atoms with Crippen LogP contribution >= 0.6 is 15.9 Å². The van der Waals surface area contributed by atoms with E-state index >= 15 is 0 Å². The minimum Gasteiger partial charge on any atom is -0.496 e. The van der Waals surface area contributed by atoms with Crippen molar-refractivity contribution in [3.63, 3.8) is 0 Å². The number of halogens is 1. The Labute approximate surface area is 144 Å². The van der Waals surface area contributed by atoms with Crippen LogP contribution < -0.4 is 10.1 Å². The summed E-state index contributed by atoms with van der Waals surface area (Å²) in [6.07, 6.45) is -0.472. The predicted molar refractivity (Wildman–Crippen MR) is 89.3 cm³/mol. The lowest BCUT2D eigenvalue weighted by molar-refractivity contribution is -0.144. The van der Waals surface area contributed by atoms with Gasteiger partial charge in [-0.1, -0.05) is 6.07 Å². The molecule has 0 aliphatic heterocycles. The average molecular weight is 388 g/mol. The quantitative estimate of drug-likeness (QED) is 0.756. The highest BCUT2D eigenvalue weighted by molar-refractivity contribution is 9.10. The average Bonchev–Trinajstić information content (AvgIpc) is 2.43. The van der Waals surface area contributed by atoms with Gasteiger partial charge in [0.05, 0.1) is 18.0 Å². The van der Waals surface area contributed by atoms with Crippen LogP contribution in [-0.4, -0.2) is 31.3 Å². The van der Waals surface area contributed by atoms with Gasteiger partial charge >= 0.3 is 12.1 Å². The van der Waals surface area contributed by atoms with E-state index in [0.29, 0.717) is 5.75 Å². The number of hydrogen-bond acceptors (Lipinski definition) is 5. The Morgan fingerprint density at radius 3 is 2.52 bits per heavy atom. The zero-order valence-corrected chi connectivity index (χ0v) is 15.4. The molecule has 0 aliphatic rings. The molecule has 1 aromatic rings. The standard InChI is InChI=1S/C16H22BrNO5/c1-16(2,3)23-15(20)18-8-7-14(19)22-10-11-5-6-13(21-4)12(17)9-11/h5-6,9H,7-8,10H2,1-4H3,(H,18,20). The number of carbonyl (C=O) groups excluding carboxylic acids is 2. The molecule has 0 heterocycles. The Balaban J connectivity index is 2.29. The van der Waals surface area contributed by atoms with E-state index < -0.39 is 17.7 Å². The molecular weight excluding hydrogens is 366 g/mol. The van der Waals surface area contributed by atoms with Gasteiger partial charge < -0.3 is 19.5 Å². The van der Waals surface area contributed by atoms with Gasteiger partial charge in [-0.15, -0.1) is 0 Å². The van der Waals surface area contributed by atoms with E-state index in [1.54, 1.807) is 33.9 Å². The summed E-state index contributed by atoms with van der Waals surface area (Å²) < 4.78 is 16.1. The fourth-order valence-corrected chi connectivity index (χ4v) is 2.20. The molecule has 128 valence electrons. The van der Waals surface area contributed by atoms with Gasteiger partial charge in [0.25, 0.3) is 0 Å². The Morgan fingerprint density at radius 1 is 1.26 bits per heavy atom. The van der Waals surface area contributed by atoms with Crippen LogP contribution in [0.2, 0.25) is 0 Å². The molecule has 1 aromatic carbocycles. The molecule has 0 atom stereocenters. The first-order valence-corrected chi connectivity index (χ1v) is 7.95. The zero-order valence-electron chi connectivity index (χ0n) is 13.8. The number of methoxy groups -OCH3 is 1. The molecule has 0 saturated carbocycles. The normalized spacial score (nSPS) is 10.8. The number of alkyl carbamates (subject to hydrolysis) is 1. The third-order valence-electron chi connectivity index (χ3n) is 2.61. The number of ether oxygens (including phenoxy) is 3. The molecule has 1 amide bonds. The van der Waals surface area contributed by atoms with Crippen molar-refractivity contribution in [3.8, 4) is 5.75 Å². The van der Waals surface area contributed by atoms with Crippen LogP contribution in [0.5, 0.6) is 5.75 Å². The molecule has 23 heavy (non-hydrogen) atoms. The maximum Gasteiger partial charge on any atom is 0.407 e. The van der Waals surface area contributed by atoms with Crippen molar-refractivity contribution in [3.05, 3.63) is 28.2 Å². The first kappa shape index (κ1) is 19.3. The Kier molecular flexibility index (Phi) is 7.35.